The van der Waals surface area contributed by atoms with Crippen molar-refractivity contribution in [1.29, 1.82) is 0 Å². The molecule has 0 spiro atoms. The monoisotopic (exact) mass is 370 g/mol. The van der Waals surface area contributed by atoms with Crippen molar-refractivity contribution in [1.82, 2.24) is 4.98 Å². The van der Waals surface area contributed by atoms with Gasteiger partial charge in [0.2, 0.25) is 0 Å². The van der Waals surface area contributed by atoms with Crippen LogP contribution in [0.2, 0.25) is 0 Å². The van der Waals surface area contributed by atoms with Gasteiger partial charge in [-0.3, -0.25) is 9.78 Å². The highest BCUT2D eigenvalue weighted by molar-refractivity contribution is 6.04. The van der Waals surface area contributed by atoms with E-state index in [1.165, 1.54) is 0 Å². The normalized spacial score (nSPS) is 18.5. The number of ether oxygens (including phenoxy) is 1. The third-order valence-electron chi connectivity index (χ3n) is 5.67. The molecule has 0 saturated carbocycles. The van der Waals surface area contributed by atoms with E-state index in [0.717, 1.165) is 57.6 Å². The highest BCUT2D eigenvalue weighted by Crippen LogP contribution is 2.47. The quantitative estimate of drug-likeness (QED) is 0.689. The molecule has 4 heteroatoms. The SMILES string of the molecule is CCOc1ccc(C2C3=C(CCCC3=O)Nc3c2ccc2ncccc32)cc1. The molecule has 5 rings (SSSR count). The molecule has 0 bridgehead atoms. The molecule has 0 radical (unpaired) electrons. The molecule has 1 atom stereocenters. The van der Waals surface area contributed by atoms with Gasteiger partial charge >= 0.3 is 0 Å². The number of hydrogen-bond donors (Lipinski definition) is 1. The van der Waals surface area contributed by atoms with Gasteiger partial charge in [0.1, 0.15) is 5.75 Å². The molecule has 1 aromatic heterocycles. The summed E-state index contributed by atoms with van der Waals surface area (Å²) < 4.78 is 5.60. The molecule has 0 saturated heterocycles. The number of benzene rings is 2. The summed E-state index contributed by atoms with van der Waals surface area (Å²) in [6.45, 7) is 2.62. The van der Waals surface area contributed by atoms with Crippen LogP contribution in [0.3, 0.4) is 0 Å². The molecule has 2 aliphatic rings. The van der Waals surface area contributed by atoms with E-state index in [1.54, 1.807) is 0 Å². The van der Waals surface area contributed by atoms with Crippen LogP contribution in [0, 0.1) is 0 Å². The zero-order valence-corrected chi connectivity index (χ0v) is 15.9. The van der Waals surface area contributed by atoms with Crippen LogP contribution >= 0.6 is 0 Å². The van der Waals surface area contributed by atoms with Gasteiger partial charge in [0.15, 0.2) is 5.78 Å². The van der Waals surface area contributed by atoms with E-state index in [9.17, 15) is 4.79 Å². The minimum atomic E-state index is -0.0562. The van der Waals surface area contributed by atoms with Crippen molar-refractivity contribution in [2.75, 3.05) is 11.9 Å². The van der Waals surface area contributed by atoms with Crippen molar-refractivity contribution in [2.24, 2.45) is 0 Å². The molecule has 1 aliphatic carbocycles. The van der Waals surface area contributed by atoms with Gasteiger partial charge in [-0.05, 0) is 61.2 Å². The molecule has 0 amide bonds. The minimum Gasteiger partial charge on any atom is -0.494 e. The second-order valence-corrected chi connectivity index (χ2v) is 7.33. The fraction of sp³-hybridized carbons (Fsp3) is 0.250. The Labute approximate surface area is 164 Å². The van der Waals surface area contributed by atoms with Gasteiger partial charge < -0.3 is 10.1 Å². The Kier molecular flexibility index (Phi) is 4.12. The summed E-state index contributed by atoms with van der Waals surface area (Å²) in [7, 11) is 0. The van der Waals surface area contributed by atoms with Crippen LogP contribution in [-0.2, 0) is 4.79 Å². The number of carbonyl (C=O) groups excluding carboxylic acids is 1. The van der Waals surface area contributed by atoms with E-state index in [0.29, 0.717) is 13.0 Å². The molecule has 0 fully saturated rings. The highest BCUT2D eigenvalue weighted by Gasteiger charge is 2.35. The van der Waals surface area contributed by atoms with Crippen molar-refractivity contribution in [3.05, 3.63) is 77.1 Å². The van der Waals surface area contributed by atoms with Crippen LogP contribution in [0.4, 0.5) is 5.69 Å². The lowest BCUT2D eigenvalue weighted by atomic mass is 9.75. The molecule has 2 aromatic carbocycles. The molecule has 1 N–H and O–H groups in total. The van der Waals surface area contributed by atoms with Gasteiger partial charge in [-0.2, -0.15) is 0 Å². The fourth-order valence-corrected chi connectivity index (χ4v) is 4.45. The average Bonchev–Trinajstić information content (AvgIpc) is 2.73. The third-order valence-corrected chi connectivity index (χ3v) is 5.67. The van der Waals surface area contributed by atoms with Crippen LogP contribution in [-0.4, -0.2) is 17.4 Å². The Morgan fingerprint density at radius 1 is 1.11 bits per heavy atom. The van der Waals surface area contributed by atoms with E-state index in [2.05, 4.69) is 40.6 Å². The van der Waals surface area contributed by atoms with Gasteiger partial charge in [-0.15, -0.1) is 0 Å². The van der Waals surface area contributed by atoms with Gasteiger partial charge in [0.25, 0.3) is 0 Å². The van der Waals surface area contributed by atoms with E-state index in [1.807, 2.05) is 31.3 Å². The first-order chi connectivity index (χ1) is 13.8. The number of nitrogens with zero attached hydrogens (tertiary/aromatic N) is 1. The molecule has 1 aliphatic heterocycles. The van der Waals surface area contributed by atoms with Gasteiger partial charge in [0.05, 0.1) is 17.8 Å². The Balaban J connectivity index is 1.72. The van der Waals surface area contributed by atoms with Gasteiger partial charge in [0, 0.05) is 35.2 Å². The van der Waals surface area contributed by atoms with Gasteiger partial charge in [-0.25, -0.2) is 0 Å². The van der Waals surface area contributed by atoms with E-state index in [-0.39, 0.29) is 11.7 Å². The first kappa shape index (κ1) is 17.0. The number of pyridine rings is 1. The predicted molar refractivity (Wildman–Crippen MR) is 111 cm³/mol. The Morgan fingerprint density at radius 3 is 2.79 bits per heavy atom. The number of Topliss-reactive ketones (excluding diaryl/α,β-unsaturated/α-hetero) is 1. The van der Waals surface area contributed by atoms with Crippen LogP contribution in [0.25, 0.3) is 10.9 Å². The van der Waals surface area contributed by atoms with E-state index < -0.39 is 0 Å². The summed E-state index contributed by atoms with van der Waals surface area (Å²) in [5.74, 6) is 1.05. The lowest BCUT2D eigenvalue weighted by Gasteiger charge is -2.34. The molecule has 140 valence electrons. The molecule has 3 aromatic rings. The molecular formula is C24H22N2O2. The van der Waals surface area contributed by atoms with Crippen LogP contribution in [0.5, 0.6) is 5.75 Å². The maximum absolute atomic E-state index is 12.9. The van der Waals surface area contributed by atoms with Crippen molar-refractivity contribution in [3.8, 4) is 5.75 Å². The first-order valence-corrected chi connectivity index (χ1v) is 9.90. The summed E-state index contributed by atoms with van der Waals surface area (Å²) in [5.41, 5.74) is 6.30. The summed E-state index contributed by atoms with van der Waals surface area (Å²) in [5, 5.41) is 4.70. The predicted octanol–water partition coefficient (Wildman–Crippen LogP) is 5.20. The zero-order valence-electron chi connectivity index (χ0n) is 15.9. The molecule has 28 heavy (non-hydrogen) atoms. The number of aromatic nitrogens is 1. The van der Waals surface area contributed by atoms with Crippen LogP contribution < -0.4 is 10.1 Å². The van der Waals surface area contributed by atoms with Crippen molar-refractivity contribution in [2.45, 2.75) is 32.1 Å². The van der Waals surface area contributed by atoms with E-state index >= 15 is 0 Å². The Morgan fingerprint density at radius 2 is 1.96 bits per heavy atom. The Bertz CT molecular complexity index is 1100. The lowest BCUT2D eigenvalue weighted by Crippen LogP contribution is -2.27. The van der Waals surface area contributed by atoms with Crippen molar-refractivity contribution >= 4 is 22.4 Å². The van der Waals surface area contributed by atoms with Crippen LogP contribution in [0.15, 0.2) is 66.0 Å². The molecule has 2 heterocycles. The minimum absolute atomic E-state index is 0.0562. The number of anilines is 1. The van der Waals surface area contributed by atoms with Gasteiger partial charge in [-0.1, -0.05) is 18.2 Å². The average molecular weight is 370 g/mol. The number of ketones is 1. The Hall–Kier alpha value is -3.14. The second kappa shape index (κ2) is 6.79. The maximum Gasteiger partial charge on any atom is 0.161 e. The molecule has 4 nitrogen and oxygen atoms in total. The molecular weight excluding hydrogens is 348 g/mol. The summed E-state index contributed by atoms with van der Waals surface area (Å²) >= 11 is 0. The van der Waals surface area contributed by atoms with Crippen molar-refractivity contribution in [3.63, 3.8) is 0 Å². The summed E-state index contributed by atoms with van der Waals surface area (Å²) in [4.78, 5) is 17.4. The topological polar surface area (TPSA) is 51.2 Å². The number of allylic oxidation sites excluding steroid dienone is 2. The third kappa shape index (κ3) is 2.68. The molecule has 1 unspecified atom stereocenters. The standard InChI is InChI=1S/C24H22N2O2/c1-2-28-16-10-8-15(9-11-16)22-18-12-13-19-17(5-4-14-25-19)24(18)26-20-6-3-7-21(27)23(20)22/h4-5,8-14,22,26H,2-3,6-7H2,1H3. The summed E-state index contributed by atoms with van der Waals surface area (Å²) in [6, 6.07) is 16.4. The maximum atomic E-state index is 12.9. The lowest BCUT2D eigenvalue weighted by molar-refractivity contribution is -0.116. The fourth-order valence-electron chi connectivity index (χ4n) is 4.45. The smallest absolute Gasteiger partial charge is 0.161 e. The van der Waals surface area contributed by atoms with Crippen molar-refractivity contribution < 1.29 is 9.53 Å². The highest BCUT2D eigenvalue weighted by atomic mass is 16.5. The summed E-state index contributed by atoms with van der Waals surface area (Å²) in [6.07, 6.45) is 4.25. The largest absolute Gasteiger partial charge is 0.494 e. The number of hydrogen-bond acceptors (Lipinski definition) is 4. The second-order valence-electron chi connectivity index (χ2n) is 7.33. The van der Waals surface area contributed by atoms with Crippen LogP contribution in [0.1, 0.15) is 43.2 Å². The van der Waals surface area contributed by atoms with E-state index in [4.69, 9.17) is 4.74 Å². The first-order valence-electron chi connectivity index (χ1n) is 9.90. The number of carbonyl (C=O) groups is 1. The zero-order chi connectivity index (χ0) is 19.1. The number of rotatable bonds is 3. The number of fused-ring (bicyclic) bond motifs is 3. The number of nitrogens with one attached hydrogen (secondary N) is 1.